The number of hydrogen-bond acceptors (Lipinski definition) is 5. The van der Waals surface area contributed by atoms with Gasteiger partial charge in [0.05, 0.1) is 17.3 Å². The number of carbonyl (C=O) groups is 2. The fourth-order valence-electron chi connectivity index (χ4n) is 4.97. The highest BCUT2D eigenvalue weighted by molar-refractivity contribution is 7.80. The van der Waals surface area contributed by atoms with Crippen LogP contribution in [0, 0.1) is 25.2 Å². The number of aryl methyl sites for hydroxylation is 1. The zero-order chi connectivity index (χ0) is 30.0. The molecular weight excluding hydrogens is 568 g/mol. The van der Waals surface area contributed by atoms with Gasteiger partial charge in [0.2, 0.25) is 0 Å². The quantitative estimate of drug-likeness (QED) is 0.134. The number of thiocarbonyl (C=S) groups is 1. The van der Waals surface area contributed by atoms with Crippen molar-refractivity contribution in [3.05, 3.63) is 118 Å². The minimum atomic E-state index is -0.485. The monoisotopic (exact) mass is 594 g/mol. The van der Waals surface area contributed by atoms with Crippen LogP contribution in [0.15, 0.2) is 84.4 Å². The molecule has 42 heavy (non-hydrogen) atoms. The molecule has 1 aliphatic heterocycles. The van der Waals surface area contributed by atoms with Gasteiger partial charge in [-0.3, -0.25) is 19.4 Å². The third kappa shape index (κ3) is 5.45. The van der Waals surface area contributed by atoms with Crippen molar-refractivity contribution in [2.45, 2.75) is 27.4 Å². The van der Waals surface area contributed by atoms with E-state index in [2.05, 4.69) is 10.6 Å². The molecule has 5 rings (SSSR count). The highest BCUT2D eigenvalue weighted by Gasteiger charge is 2.39. The largest absolute Gasteiger partial charge is 0.489 e. The van der Waals surface area contributed by atoms with Crippen LogP contribution in [0.4, 0.5) is 5.69 Å². The molecule has 210 valence electrons. The van der Waals surface area contributed by atoms with Gasteiger partial charge in [0.25, 0.3) is 11.8 Å². The number of aromatic nitrogens is 1. The molecule has 0 unspecified atom stereocenters. The van der Waals surface area contributed by atoms with Crippen LogP contribution in [0.1, 0.15) is 35.0 Å². The summed E-state index contributed by atoms with van der Waals surface area (Å²) in [6.07, 6.45) is 1.64. The van der Waals surface area contributed by atoms with E-state index in [1.54, 1.807) is 36.4 Å². The first-order valence-electron chi connectivity index (χ1n) is 13.3. The van der Waals surface area contributed by atoms with Crippen LogP contribution in [-0.2, 0) is 16.2 Å². The molecule has 0 bridgehead atoms. The molecule has 0 aliphatic carbocycles. The van der Waals surface area contributed by atoms with E-state index in [4.69, 9.17) is 28.6 Å². The molecule has 1 saturated heterocycles. The summed E-state index contributed by atoms with van der Waals surface area (Å²) in [5.74, 6) is -0.240. The molecule has 0 atom stereocenters. The molecule has 0 spiro atoms. The Morgan fingerprint density at radius 2 is 1.62 bits per heavy atom. The van der Waals surface area contributed by atoms with Gasteiger partial charge in [0, 0.05) is 34.2 Å². The van der Waals surface area contributed by atoms with Crippen LogP contribution in [0.2, 0.25) is 5.02 Å². The van der Waals surface area contributed by atoms with Gasteiger partial charge in [0.15, 0.2) is 5.11 Å². The number of amides is 2. The van der Waals surface area contributed by atoms with E-state index in [9.17, 15) is 14.9 Å². The third-order valence-corrected chi connectivity index (χ3v) is 7.78. The summed E-state index contributed by atoms with van der Waals surface area (Å²) in [7, 11) is 0. The number of benzene rings is 3. The number of likely N-dealkylation sites (N-methyl/N-ethyl adjacent to an activating group) is 1. The Morgan fingerprint density at radius 1 is 0.952 bits per heavy atom. The van der Waals surface area contributed by atoms with Crippen LogP contribution in [0.25, 0.3) is 11.8 Å². The lowest BCUT2D eigenvalue weighted by Crippen LogP contribution is -2.56. The fraction of sp³-hybridized carbons (Fsp3) is 0.152. The Balaban J connectivity index is 1.43. The van der Waals surface area contributed by atoms with Crippen molar-refractivity contribution in [3.8, 4) is 17.5 Å². The molecule has 0 saturated carbocycles. The molecule has 2 heterocycles. The molecule has 1 fully saturated rings. The maximum atomic E-state index is 13.7. The number of hydrogen-bond donors (Lipinski definition) is 0. The molecule has 7 nitrogen and oxygen atoms in total. The van der Waals surface area contributed by atoms with Crippen LogP contribution in [-0.4, -0.2) is 32.9 Å². The van der Waals surface area contributed by atoms with Crippen molar-refractivity contribution in [3.63, 3.8) is 0 Å². The minimum absolute atomic E-state index is 0.0297. The summed E-state index contributed by atoms with van der Waals surface area (Å²) in [4.78, 5) is 29.8. The van der Waals surface area contributed by atoms with Crippen LogP contribution in [0.5, 0.6) is 5.75 Å². The second-order valence-corrected chi connectivity index (χ2v) is 10.5. The number of carbonyl (C=O) groups excluding carboxylic acids is 2. The molecular formula is C33H27ClN4O3S. The SMILES string of the molecule is CCN1C(=O)/C(=C\c2cc(C)n(-c3ccc(OCc4ccccc4C#N)cc3)c2C)C(=O)N(c2ccc(Cl)cc2)C1=S. The molecule has 4 aromatic rings. The van der Waals surface area contributed by atoms with E-state index < -0.39 is 11.8 Å². The molecule has 3 aromatic carbocycles. The third-order valence-electron chi connectivity index (χ3n) is 7.13. The van der Waals surface area contributed by atoms with Gasteiger partial charge >= 0.3 is 0 Å². The normalized spacial score (nSPS) is 14.5. The lowest BCUT2D eigenvalue weighted by Gasteiger charge is -2.36. The molecule has 0 N–H and O–H groups in total. The van der Waals surface area contributed by atoms with E-state index in [1.807, 2.05) is 69.3 Å². The minimum Gasteiger partial charge on any atom is -0.489 e. The number of anilines is 1. The summed E-state index contributed by atoms with van der Waals surface area (Å²) in [5.41, 5.74) is 5.43. The zero-order valence-electron chi connectivity index (χ0n) is 23.3. The molecule has 9 heteroatoms. The Labute approximate surface area is 254 Å². The second kappa shape index (κ2) is 12.0. The molecule has 1 aliphatic rings. The van der Waals surface area contributed by atoms with Crippen molar-refractivity contribution in [1.29, 1.82) is 5.26 Å². The first-order chi connectivity index (χ1) is 20.2. The van der Waals surface area contributed by atoms with Crippen molar-refractivity contribution < 1.29 is 14.3 Å². The first-order valence-corrected chi connectivity index (χ1v) is 14.1. The number of halogens is 1. The second-order valence-electron chi connectivity index (χ2n) is 9.72. The average molecular weight is 595 g/mol. The maximum Gasteiger partial charge on any atom is 0.270 e. The van der Waals surface area contributed by atoms with Gasteiger partial charge < -0.3 is 9.30 Å². The van der Waals surface area contributed by atoms with Gasteiger partial charge in [0.1, 0.15) is 17.9 Å². The number of rotatable bonds is 7. The van der Waals surface area contributed by atoms with Crippen LogP contribution >= 0.6 is 23.8 Å². The molecule has 2 amide bonds. The summed E-state index contributed by atoms with van der Waals surface area (Å²) in [6.45, 7) is 6.34. The van der Waals surface area contributed by atoms with Gasteiger partial charge in [-0.25, -0.2) is 0 Å². The highest BCUT2D eigenvalue weighted by Crippen LogP contribution is 2.30. The standard InChI is InChI=1S/C33H27ClN4O3S/c1-4-36-31(39)30(32(40)38(33(36)42)28-11-9-26(34)10-12-28)18-25-17-21(2)37(22(25)3)27-13-15-29(16-14-27)41-20-24-8-6-5-7-23(24)19-35/h5-18H,4,20H2,1-3H3/b30-18+. The smallest absolute Gasteiger partial charge is 0.270 e. The summed E-state index contributed by atoms with van der Waals surface area (Å²) < 4.78 is 7.98. The van der Waals surface area contributed by atoms with Gasteiger partial charge in [-0.1, -0.05) is 29.8 Å². The topological polar surface area (TPSA) is 78.6 Å². The number of nitrogens with zero attached hydrogens (tertiary/aromatic N) is 4. The van der Waals surface area contributed by atoms with E-state index in [0.717, 1.165) is 28.2 Å². The van der Waals surface area contributed by atoms with Crippen molar-refractivity contribution in [1.82, 2.24) is 9.47 Å². The summed E-state index contributed by atoms with van der Waals surface area (Å²) in [5, 5.41) is 9.98. The number of nitriles is 1. The summed E-state index contributed by atoms with van der Waals surface area (Å²) in [6, 6.07) is 25.9. The Kier molecular flexibility index (Phi) is 8.25. The summed E-state index contributed by atoms with van der Waals surface area (Å²) >= 11 is 11.6. The highest BCUT2D eigenvalue weighted by atomic mass is 35.5. The zero-order valence-corrected chi connectivity index (χ0v) is 24.9. The molecule has 0 radical (unpaired) electrons. The lowest BCUT2D eigenvalue weighted by molar-refractivity contribution is -0.127. The van der Waals surface area contributed by atoms with Crippen LogP contribution < -0.4 is 9.64 Å². The maximum absolute atomic E-state index is 13.7. The Morgan fingerprint density at radius 3 is 2.29 bits per heavy atom. The molecule has 1 aromatic heterocycles. The van der Waals surface area contributed by atoms with Crippen LogP contribution in [0.3, 0.4) is 0 Å². The van der Waals surface area contributed by atoms with E-state index >= 15 is 0 Å². The Hall–Kier alpha value is -4.71. The predicted molar refractivity (Wildman–Crippen MR) is 168 cm³/mol. The lowest BCUT2D eigenvalue weighted by atomic mass is 10.1. The fourth-order valence-corrected chi connectivity index (χ4v) is 5.49. The van der Waals surface area contributed by atoms with Crippen molar-refractivity contribution in [2.75, 3.05) is 11.4 Å². The predicted octanol–water partition coefficient (Wildman–Crippen LogP) is 6.76. The van der Waals surface area contributed by atoms with E-state index in [0.29, 0.717) is 28.6 Å². The average Bonchev–Trinajstić information content (AvgIpc) is 3.27. The van der Waals surface area contributed by atoms with E-state index in [-0.39, 0.29) is 17.3 Å². The van der Waals surface area contributed by atoms with Crippen molar-refractivity contribution >= 4 is 52.5 Å². The number of ether oxygens (including phenoxy) is 1. The van der Waals surface area contributed by atoms with Gasteiger partial charge in [-0.15, -0.1) is 0 Å². The van der Waals surface area contributed by atoms with E-state index in [1.165, 1.54) is 9.80 Å². The van der Waals surface area contributed by atoms with Gasteiger partial charge in [-0.05, 0) is 105 Å². The van der Waals surface area contributed by atoms with Crippen molar-refractivity contribution in [2.24, 2.45) is 0 Å². The Bertz CT molecular complexity index is 1770. The first kappa shape index (κ1) is 28.8. The van der Waals surface area contributed by atoms with Gasteiger partial charge in [-0.2, -0.15) is 5.26 Å².